The lowest BCUT2D eigenvalue weighted by Crippen LogP contribution is -1.94. The highest BCUT2D eigenvalue weighted by atomic mass is 16.5. The van der Waals surface area contributed by atoms with Crippen LogP contribution < -0.4 is 4.74 Å². The Balaban J connectivity index is 2.27. The van der Waals surface area contributed by atoms with Crippen molar-refractivity contribution in [1.29, 1.82) is 0 Å². The van der Waals surface area contributed by atoms with Gasteiger partial charge < -0.3 is 4.74 Å². The van der Waals surface area contributed by atoms with Crippen LogP contribution in [0, 0.1) is 11.8 Å². The lowest BCUT2D eigenvalue weighted by molar-refractivity contribution is 0.327. The van der Waals surface area contributed by atoms with Crippen molar-refractivity contribution in [2.24, 2.45) is 7.05 Å². The van der Waals surface area contributed by atoms with Crippen molar-refractivity contribution in [3.8, 4) is 17.6 Å². The van der Waals surface area contributed by atoms with E-state index in [4.69, 9.17) is 4.74 Å². The van der Waals surface area contributed by atoms with E-state index in [0.717, 1.165) is 12.2 Å². The first kappa shape index (κ1) is 8.66. The fourth-order valence-corrected chi connectivity index (χ4v) is 0.818. The van der Waals surface area contributed by atoms with Crippen LogP contribution in [0.15, 0.2) is 12.4 Å². The van der Waals surface area contributed by atoms with E-state index in [-0.39, 0.29) is 0 Å². The topological polar surface area (TPSA) is 27.1 Å². The van der Waals surface area contributed by atoms with Gasteiger partial charge in [-0.1, -0.05) is 0 Å². The van der Waals surface area contributed by atoms with Crippen molar-refractivity contribution >= 4 is 0 Å². The molecule has 0 aliphatic carbocycles. The maximum Gasteiger partial charge on any atom is 0.157 e. The summed E-state index contributed by atoms with van der Waals surface area (Å²) < 4.78 is 7.05. The number of aryl methyl sites for hydroxylation is 1. The van der Waals surface area contributed by atoms with Gasteiger partial charge in [-0.25, -0.2) is 0 Å². The number of rotatable bonds is 3. The van der Waals surface area contributed by atoms with Gasteiger partial charge in [-0.05, 0) is 6.92 Å². The normalized spacial score (nSPS) is 8.83. The Morgan fingerprint density at radius 3 is 3.08 bits per heavy atom. The Labute approximate surface area is 72.3 Å². The van der Waals surface area contributed by atoms with E-state index in [9.17, 15) is 0 Å². The minimum Gasteiger partial charge on any atom is -0.489 e. The molecular formula is C9H12N2O. The summed E-state index contributed by atoms with van der Waals surface area (Å²) in [6.45, 7) is 2.45. The summed E-state index contributed by atoms with van der Waals surface area (Å²) in [5.41, 5.74) is 0. The van der Waals surface area contributed by atoms with Crippen LogP contribution in [0.2, 0.25) is 0 Å². The molecule has 12 heavy (non-hydrogen) atoms. The molecule has 0 saturated heterocycles. The molecule has 0 amide bonds. The van der Waals surface area contributed by atoms with E-state index in [1.54, 1.807) is 10.9 Å². The first-order valence-electron chi connectivity index (χ1n) is 3.84. The molecule has 3 nitrogen and oxygen atoms in total. The molecule has 0 atom stereocenters. The molecule has 0 unspecified atom stereocenters. The van der Waals surface area contributed by atoms with Crippen LogP contribution in [-0.4, -0.2) is 16.4 Å². The van der Waals surface area contributed by atoms with Gasteiger partial charge in [0.25, 0.3) is 0 Å². The number of ether oxygens (including phenoxy) is 1. The third-order valence-electron chi connectivity index (χ3n) is 1.35. The van der Waals surface area contributed by atoms with Crippen molar-refractivity contribution in [1.82, 2.24) is 9.78 Å². The molecule has 0 bridgehead atoms. The average Bonchev–Trinajstić information content (AvgIpc) is 2.45. The molecule has 1 rings (SSSR count). The van der Waals surface area contributed by atoms with Crippen LogP contribution in [0.25, 0.3) is 0 Å². The van der Waals surface area contributed by atoms with Gasteiger partial charge in [0.05, 0.1) is 19.0 Å². The molecule has 64 valence electrons. The summed E-state index contributed by atoms with van der Waals surface area (Å²) >= 11 is 0. The zero-order valence-electron chi connectivity index (χ0n) is 7.37. The van der Waals surface area contributed by atoms with Gasteiger partial charge in [0.1, 0.15) is 0 Å². The van der Waals surface area contributed by atoms with Crippen molar-refractivity contribution in [3.05, 3.63) is 12.4 Å². The summed E-state index contributed by atoms with van der Waals surface area (Å²) in [7, 11) is 1.86. The molecule has 0 aliphatic rings. The van der Waals surface area contributed by atoms with Gasteiger partial charge in [0, 0.05) is 13.5 Å². The van der Waals surface area contributed by atoms with Crippen LogP contribution in [0.5, 0.6) is 5.75 Å². The summed E-state index contributed by atoms with van der Waals surface area (Å²) in [6.07, 6.45) is 4.30. The summed E-state index contributed by atoms with van der Waals surface area (Å²) in [6, 6.07) is 0. The Kier molecular flexibility index (Phi) is 3.21. The molecule has 1 aromatic heterocycles. The third-order valence-corrected chi connectivity index (χ3v) is 1.35. The summed E-state index contributed by atoms with van der Waals surface area (Å²) in [5, 5.41) is 3.97. The van der Waals surface area contributed by atoms with Gasteiger partial charge in [0.15, 0.2) is 5.75 Å². The number of hydrogen-bond donors (Lipinski definition) is 0. The van der Waals surface area contributed by atoms with E-state index in [2.05, 4.69) is 16.9 Å². The predicted octanol–water partition coefficient (Wildman–Crippen LogP) is 1.21. The molecule has 0 N–H and O–H groups in total. The molecule has 0 fully saturated rings. The van der Waals surface area contributed by atoms with Crippen LogP contribution in [-0.2, 0) is 7.05 Å². The fraction of sp³-hybridized carbons (Fsp3) is 0.444. The van der Waals surface area contributed by atoms with E-state index < -0.39 is 0 Å². The minimum absolute atomic E-state index is 0.631. The quantitative estimate of drug-likeness (QED) is 0.496. The van der Waals surface area contributed by atoms with Gasteiger partial charge in [-0.3, -0.25) is 4.68 Å². The van der Waals surface area contributed by atoms with Crippen molar-refractivity contribution in [2.45, 2.75) is 13.3 Å². The fourth-order valence-electron chi connectivity index (χ4n) is 0.818. The van der Waals surface area contributed by atoms with Crippen LogP contribution in [0.4, 0.5) is 0 Å². The monoisotopic (exact) mass is 164 g/mol. The smallest absolute Gasteiger partial charge is 0.157 e. The summed E-state index contributed by atoms with van der Waals surface area (Å²) in [4.78, 5) is 0. The Morgan fingerprint density at radius 2 is 2.50 bits per heavy atom. The number of nitrogens with zero attached hydrogens (tertiary/aromatic N) is 2. The maximum absolute atomic E-state index is 5.34. The highest BCUT2D eigenvalue weighted by molar-refractivity contribution is 5.11. The maximum atomic E-state index is 5.34. The molecule has 0 spiro atoms. The van der Waals surface area contributed by atoms with E-state index in [0.29, 0.717) is 6.61 Å². The molecule has 0 aliphatic heterocycles. The van der Waals surface area contributed by atoms with Gasteiger partial charge >= 0.3 is 0 Å². The molecule has 1 aromatic rings. The molecule has 0 radical (unpaired) electrons. The van der Waals surface area contributed by atoms with Gasteiger partial charge in [0.2, 0.25) is 0 Å². The van der Waals surface area contributed by atoms with Crippen molar-refractivity contribution in [2.75, 3.05) is 6.61 Å². The first-order chi connectivity index (χ1) is 5.83. The Bertz CT molecular complexity index is 293. The Morgan fingerprint density at radius 1 is 1.67 bits per heavy atom. The lowest BCUT2D eigenvalue weighted by atomic mass is 10.4. The second kappa shape index (κ2) is 4.45. The van der Waals surface area contributed by atoms with Crippen LogP contribution >= 0.6 is 0 Å². The van der Waals surface area contributed by atoms with Gasteiger partial charge in [-0.2, -0.15) is 5.10 Å². The number of aromatic nitrogens is 2. The van der Waals surface area contributed by atoms with Crippen molar-refractivity contribution in [3.63, 3.8) is 0 Å². The second-order valence-corrected chi connectivity index (χ2v) is 2.37. The lowest BCUT2D eigenvalue weighted by Gasteiger charge is -1.97. The SMILES string of the molecule is CC#CCCOc1cnn(C)c1. The third kappa shape index (κ3) is 2.67. The molecule has 3 heteroatoms. The molecular weight excluding hydrogens is 152 g/mol. The zero-order valence-corrected chi connectivity index (χ0v) is 7.37. The van der Waals surface area contributed by atoms with E-state index >= 15 is 0 Å². The standard InChI is InChI=1S/C9H12N2O/c1-3-4-5-6-12-9-7-10-11(2)8-9/h7-8H,5-6H2,1-2H3. The minimum atomic E-state index is 0.631. The Hall–Kier alpha value is -1.43. The highest BCUT2D eigenvalue weighted by Crippen LogP contribution is 2.06. The molecule has 0 aromatic carbocycles. The van der Waals surface area contributed by atoms with Gasteiger partial charge in [-0.15, -0.1) is 11.8 Å². The van der Waals surface area contributed by atoms with Crippen LogP contribution in [0.3, 0.4) is 0 Å². The second-order valence-electron chi connectivity index (χ2n) is 2.37. The zero-order chi connectivity index (χ0) is 8.81. The van der Waals surface area contributed by atoms with Crippen molar-refractivity contribution < 1.29 is 4.74 Å². The van der Waals surface area contributed by atoms with Crippen LogP contribution in [0.1, 0.15) is 13.3 Å². The molecule has 0 saturated carbocycles. The summed E-state index contributed by atoms with van der Waals surface area (Å²) in [5.74, 6) is 6.53. The first-order valence-corrected chi connectivity index (χ1v) is 3.84. The predicted molar refractivity (Wildman–Crippen MR) is 46.8 cm³/mol. The largest absolute Gasteiger partial charge is 0.489 e. The molecule has 1 heterocycles. The van der Waals surface area contributed by atoms with E-state index in [1.165, 1.54) is 0 Å². The highest BCUT2D eigenvalue weighted by Gasteiger charge is 1.93. The average molecular weight is 164 g/mol. The number of hydrogen-bond acceptors (Lipinski definition) is 2. The van der Waals surface area contributed by atoms with E-state index in [1.807, 2.05) is 20.2 Å².